The summed E-state index contributed by atoms with van der Waals surface area (Å²) >= 11 is 0. The van der Waals surface area contributed by atoms with Crippen LogP contribution in [0.2, 0.25) is 0 Å². The second-order valence-corrected chi connectivity index (χ2v) is 3.61. The van der Waals surface area contributed by atoms with Gasteiger partial charge in [0.05, 0.1) is 0 Å². The van der Waals surface area contributed by atoms with Crippen molar-refractivity contribution in [1.29, 1.82) is 0 Å². The normalized spacial score (nSPS) is 10.4. The molecule has 1 aromatic rings. The molecule has 18 heavy (non-hydrogen) atoms. The Balaban J connectivity index is 0.000000494. The molecule has 0 amide bonds. The van der Waals surface area contributed by atoms with Crippen LogP contribution in [-0.4, -0.2) is 6.61 Å². The molecule has 1 aromatic carbocycles. The van der Waals surface area contributed by atoms with E-state index in [4.69, 9.17) is 4.74 Å². The van der Waals surface area contributed by atoms with Gasteiger partial charge >= 0.3 is 0 Å². The number of para-hydroxylation sites is 1. The van der Waals surface area contributed by atoms with Crippen LogP contribution in [0.5, 0.6) is 5.75 Å². The van der Waals surface area contributed by atoms with Crippen molar-refractivity contribution in [3.63, 3.8) is 0 Å². The molecule has 0 radical (unpaired) electrons. The highest BCUT2D eigenvalue weighted by molar-refractivity contribution is 5.22. The number of benzene rings is 1. The minimum atomic E-state index is 0.621. The highest BCUT2D eigenvalue weighted by Gasteiger charge is 1.91. The van der Waals surface area contributed by atoms with E-state index in [0.717, 1.165) is 5.75 Å². The molecule has 0 N–H and O–H groups in total. The van der Waals surface area contributed by atoms with Gasteiger partial charge in [0.2, 0.25) is 0 Å². The fraction of sp³-hybridized carbons (Fsp3) is 0.176. The molecule has 0 heterocycles. The maximum absolute atomic E-state index is 5.50. The predicted molar refractivity (Wildman–Crippen MR) is 80.9 cm³/mol. The molecule has 0 saturated carbocycles. The van der Waals surface area contributed by atoms with Crippen molar-refractivity contribution >= 4 is 0 Å². The van der Waals surface area contributed by atoms with Crippen molar-refractivity contribution in [3.8, 4) is 5.75 Å². The fourth-order valence-corrected chi connectivity index (χ4v) is 1.10. The van der Waals surface area contributed by atoms with Gasteiger partial charge in [-0.25, -0.2) is 0 Å². The molecule has 1 rings (SSSR count). The van der Waals surface area contributed by atoms with Gasteiger partial charge in [0.15, 0.2) is 0 Å². The summed E-state index contributed by atoms with van der Waals surface area (Å²) < 4.78 is 5.50. The average molecular weight is 242 g/mol. The van der Waals surface area contributed by atoms with Gasteiger partial charge in [-0.3, -0.25) is 0 Å². The molecule has 1 heteroatoms. The van der Waals surface area contributed by atoms with Crippen molar-refractivity contribution in [3.05, 3.63) is 79.4 Å². The smallest absolute Gasteiger partial charge is 0.119 e. The summed E-state index contributed by atoms with van der Waals surface area (Å²) in [5, 5.41) is 0. The van der Waals surface area contributed by atoms with Crippen molar-refractivity contribution < 1.29 is 4.74 Å². The van der Waals surface area contributed by atoms with Crippen LogP contribution in [0.25, 0.3) is 0 Å². The van der Waals surface area contributed by atoms with E-state index in [1.165, 1.54) is 5.57 Å². The number of hydrogen-bond donors (Lipinski definition) is 0. The van der Waals surface area contributed by atoms with Crippen LogP contribution in [0.4, 0.5) is 0 Å². The van der Waals surface area contributed by atoms with Gasteiger partial charge in [0, 0.05) is 0 Å². The number of allylic oxidation sites excluding steroid dienone is 5. The van der Waals surface area contributed by atoms with E-state index in [2.05, 4.69) is 13.2 Å². The quantitative estimate of drug-likeness (QED) is 0.664. The first-order valence-corrected chi connectivity index (χ1v) is 5.94. The Hall–Kier alpha value is -2.02. The van der Waals surface area contributed by atoms with E-state index < -0.39 is 0 Å². The minimum Gasteiger partial charge on any atom is -0.489 e. The Morgan fingerprint density at radius 2 is 1.83 bits per heavy atom. The molecule has 0 aliphatic carbocycles. The first-order chi connectivity index (χ1) is 8.74. The third-order valence-corrected chi connectivity index (χ3v) is 1.94. The zero-order chi connectivity index (χ0) is 13.6. The highest BCUT2D eigenvalue weighted by Crippen LogP contribution is 2.09. The lowest BCUT2D eigenvalue weighted by Crippen LogP contribution is -1.97. The SMILES string of the molecule is C=C/C=C(\C)COc1ccccc1.C=C/C=C\C. The zero-order valence-electron chi connectivity index (χ0n) is 11.3. The third-order valence-electron chi connectivity index (χ3n) is 1.94. The molecule has 0 unspecified atom stereocenters. The van der Waals surface area contributed by atoms with Gasteiger partial charge in [-0.1, -0.05) is 61.7 Å². The first kappa shape index (κ1) is 16.0. The average Bonchev–Trinajstić information content (AvgIpc) is 2.40. The summed E-state index contributed by atoms with van der Waals surface area (Å²) in [7, 11) is 0. The molecular formula is C17H22O. The Morgan fingerprint density at radius 1 is 1.17 bits per heavy atom. The van der Waals surface area contributed by atoms with Crippen molar-refractivity contribution in [2.75, 3.05) is 6.61 Å². The molecule has 0 aromatic heterocycles. The summed E-state index contributed by atoms with van der Waals surface area (Å²) in [5.41, 5.74) is 1.17. The molecular weight excluding hydrogens is 220 g/mol. The van der Waals surface area contributed by atoms with E-state index in [9.17, 15) is 0 Å². The van der Waals surface area contributed by atoms with Crippen LogP contribution >= 0.6 is 0 Å². The number of rotatable bonds is 5. The topological polar surface area (TPSA) is 9.23 Å². The van der Waals surface area contributed by atoms with Crippen LogP contribution in [0.15, 0.2) is 79.4 Å². The van der Waals surface area contributed by atoms with Crippen LogP contribution in [-0.2, 0) is 0 Å². The maximum Gasteiger partial charge on any atom is 0.119 e. The second-order valence-electron chi connectivity index (χ2n) is 3.61. The molecule has 0 spiro atoms. The second kappa shape index (κ2) is 11.5. The van der Waals surface area contributed by atoms with Gasteiger partial charge in [0.25, 0.3) is 0 Å². The minimum absolute atomic E-state index is 0.621. The molecule has 0 atom stereocenters. The van der Waals surface area contributed by atoms with E-state index in [-0.39, 0.29) is 0 Å². The summed E-state index contributed by atoms with van der Waals surface area (Å²) in [4.78, 5) is 0. The summed E-state index contributed by atoms with van der Waals surface area (Å²) in [6.07, 6.45) is 9.29. The molecule has 0 aliphatic rings. The Morgan fingerprint density at radius 3 is 2.28 bits per heavy atom. The molecule has 1 nitrogen and oxygen atoms in total. The summed E-state index contributed by atoms with van der Waals surface area (Å²) in [6.45, 7) is 11.7. The van der Waals surface area contributed by atoms with Gasteiger partial charge in [-0.05, 0) is 31.6 Å². The van der Waals surface area contributed by atoms with E-state index in [1.54, 1.807) is 12.2 Å². The van der Waals surface area contributed by atoms with Crippen LogP contribution in [0.1, 0.15) is 13.8 Å². The summed E-state index contributed by atoms with van der Waals surface area (Å²) in [5.74, 6) is 0.902. The Labute approximate surface area is 111 Å². The molecule has 0 fully saturated rings. The highest BCUT2D eigenvalue weighted by atomic mass is 16.5. The van der Waals surface area contributed by atoms with Crippen LogP contribution < -0.4 is 4.74 Å². The Kier molecular flexibility index (Phi) is 10.2. The monoisotopic (exact) mass is 242 g/mol. The molecule has 96 valence electrons. The largest absolute Gasteiger partial charge is 0.489 e. The van der Waals surface area contributed by atoms with Gasteiger partial charge < -0.3 is 4.74 Å². The van der Waals surface area contributed by atoms with Crippen molar-refractivity contribution in [2.24, 2.45) is 0 Å². The predicted octanol–water partition coefficient (Wildman–Crippen LogP) is 4.95. The third kappa shape index (κ3) is 9.22. The lowest BCUT2D eigenvalue weighted by molar-refractivity contribution is 0.352. The van der Waals surface area contributed by atoms with E-state index in [0.29, 0.717) is 6.61 Å². The first-order valence-electron chi connectivity index (χ1n) is 5.94. The summed E-state index contributed by atoms with van der Waals surface area (Å²) in [6, 6.07) is 9.78. The van der Waals surface area contributed by atoms with Gasteiger partial charge in [0.1, 0.15) is 12.4 Å². The fourth-order valence-electron chi connectivity index (χ4n) is 1.10. The zero-order valence-corrected chi connectivity index (χ0v) is 11.3. The van der Waals surface area contributed by atoms with Crippen LogP contribution in [0, 0.1) is 0 Å². The van der Waals surface area contributed by atoms with Gasteiger partial charge in [-0.15, -0.1) is 0 Å². The van der Waals surface area contributed by atoms with E-state index in [1.807, 2.05) is 62.4 Å². The standard InChI is InChI=1S/C12H14O.C5H8/c1-3-7-11(2)10-13-12-8-5-4-6-9-12;1-3-5-4-2/h3-9H,1,10H2,2H3;3-5H,1H2,2H3/b11-7+;5-4-. The maximum atomic E-state index is 5.50. The van der Waals surface area contributed by atoms with Crippen LogP contribution in [0.3, 0.4) is 0 Å². The Bertz CT molecular complexity index is 385. The molecule has 0 saturated heterocycles. The molecule has 0 aliphatic heterocycles. The van der Waals surface area contributed by atoms with E-state index >= 15 is 0 Å². The van der Waals surface area contributed by atoms with Gasteiger partial charge in [-0.2, -0.15) is 0 Å². The number of hydrogen-bond acceptors (Lipinski definition) is 1. The van der Waals surface area contributed by atoms with Crippen molar-refractivity contribution in [2.45, 2.75) is 13.8 Å². The lowest BCUT2D eigenvalue weighted by atomic mass is 10.3. The molecule has 0 bridgehead atoms. The number of ether oxygens (including phenoxy) is 1. The van der Waals surface area contributed by atoms with Crippen molar-refractivity contribution in [1.82, 2.24) is 0 Å². The lowest BCUT2D eigenvalue weighted by Gasteiger charge is -2.04.